The number of hydrogen-bond acceptors (Lipinski definition) is 7. The molecule has 0 aliphatic carbocycles. The summed E-state index contributed by atoms with van der Waals surface area (Å²) in [5.41, 5.74) is 1.71. The summed E-state index contributed by atoms with van der Waals surface area (Å²) in [6.45, 7) is 0.699. The van der Waals surface area contributed by atoms with Gasteiger partial charge in [-0.3, -0.25) is 19.3 Å². The van der Waals surface area contributed by atoms with E-state index in [4.69, 9.17) is 4.74 Å². The van der Waals surface area contributed by atoms with Crippen LogP contribution >= 0.6 is 0 Å². The molecule has 3 amide bonds. The molecule has 0 radical (unpaired) electrons. The van der Waals surface area contributed by atoms with Crippen molar-refractivity contribution >= 4 is 23.7 Å². The molecule has 1 fully saturated rings. The van der Waals surface area contributed by atoms with E-state index < -0.39 is 60.6 Å². The van der Waals surface area contributed by atoms with E-state index >= 15 is 0 Å². The van der Waals surface area contributed by atoms with Crippen LogP contribution in [0, 0.1) is 0 Å². The maximum absolute atomic E-state index is 13.5. The van der Waals surface area contributed by atoms with Crippen LogP contribution in [-0.2, 0) is 14.3 Å². The minimum Gasteiger partial charge on any atom is -0.451 e. The molecule has 38 heavy (non-hydrogen) atoms. The third-order valence-corrected chi connectivity index (χ3v) is 6.96. The molecule has 3 aromatic carbocycles. The Kier molecular flexibility index (Phi) is 6.79. The zero-order valence-electron chi connectivity index (χ0n) is 20.5. The number of esters is 1. The Morgan fingerprint density at radius 3 is 1.76 bits per heavy atom. The van der Waals surface area contributed by atoms with E-state index in [1.807, 2.05) is 12.1 Å². The van der Waals surface area contributed by atoms with Crippen molar-refractivity contribution in [3.05, 3.63) is 107 Å². The van der Waals surface area contributed by atoms with Gasteiger partial charge in [0.2, 0.25) is 5.91 Å². The molecule has 2 aliphatic rings. The zero-order valence-corrected chi connectivity index (χ0v) is 20.5. The Morgan fingerprint density at radius 1 is 0.842 bits per heavy atom. The molecule has 2 aliphatic heterocycles. The standard InChI is InChI=1S/C29H26N2O7/c1-17(33)23(29(37)38-25(18-10-4-2-5-11-18)19-12-6-3-7-13-19)30-22(16-32)24(28(30)36)31-26(34)20-14-8-9-15-21(20)27(31)35/h2-15,17,22-25,32-33H,16H2,1H3. The fourth-order valence-electron chi connectivity index (χ4n) is 5.14. The molecule has 1 saturated heterocycles. The van der Waals surface area contributed by atoms with Gasteiger partial charge in [0.1, 0.15) is 6.04 Å². The zero-order chi connectivity index (χ0) is 27.0. The van der Waals surface area contributed by atoms with Gasteiger partial charge >= 0.3 is 5.97 Å². The molecule has 3 aromatic rings. The predicted molar refractivity (Wildman–Crippen MR) is 135 cm³/mol. The van der Waals surface area contributed by atoms with Crippen molar-refractivity contribution in [3.63, 3.8) is 0 Å². The Bertz CT molecular complexity index is 1300. The summed E-state index contributed by atoms with van der Waals surface area (Å²) in [7, 11) is 0. The fourth-order valence-corrected chi connectivity index (χ4v) is 5.14. The number of ether oxygens (including phenoxy) is 1. The van der Waals surface area contributed by atoms with Crippen molar-refractivity contribution in [2.24, 2.45) is 0 Å². The molecule has 4 unspecified atom stereocenters. The van der Waals surface area contributed by atoms with E-state index in [0.29, 0.717) is 11.1 Å². The number of imide groups is 1. The largest absolute Gasteiger partial charge is 0.451 e. The number of benzene rings is 3. The number of amides is 3. The molecular formula is C29H26N2O7. The number of aliphatic hydroxyl groups excluding tert-OH is 2. The number of rotatable bonds is 8. The number of fused-ring (bicyclic) bond motifs is 1. The summed E-state index contributed by atoms with van der Waals surface area (Å²) in [6.07, 6.45) is -2.18. The third kappa shape index (κ3) is 4.15. The lowest BCUT2D eigenvalue weighted by Gasteiger charge is -2.52. The van der Waals surface area contributed by atoms with Crippen molar-refractivity contribution < 1.29 is 34.1 Å². The second kappa shape index (κ2) is 10.2. The van der Waals surface area contributed by atoms with Crippen molar-refractivity contribution in [2.75, 3.05) is 6.61 Å². The first kappa shape index (κ1) is 25.3. The van der Waals surface area contributed by atoms with Crippen LogP contribution in [0.1, 0.15) is 44.9 Å². The number of nitrogens with zero attached hydrogens (tertiary/aromatic N) is 2. The average Bonchev–Trinajstić information content (AvgIpc) is 3.18. The summed E-state index contributed by atoms with van der Waals surface area (Å²) in [5.74, 6) is -2.92. The maximum Gasteiger partial charge on any atom is 0.332 e. The topological polar surface area (TPSA) is 124 Å². The van der Waals surface area contributed by atoms with Crippen molar-refractivity contribution in [1.82, 2.24) is 9.80 Å². The molecule has 4 atom stereocenters. The van der Waals surface area contributed by atoms with Crippen LogP contribution in [0.2, 0.25) is 0 Å². The SMILES string of the molecule is CC(O)C(C(=O)OC(c1ccccc1)c1ccccc1)N1C(=O)C(N2C(=O)c3ccccc3C2=O)C1CO. The highest BCUT2D eigenvalue weighted by Gasteiger charge is 2.59. The Morgan fingerprint density at radius 2 is 1.32 bits per heavy atom. The van der Waals surface area contributed by atoms with E-state index in [1.54, 1.807) is 60.7 Å². The summed E-state index contributed by atoms with van der Waals surface area (Å²) in [5, 5.41) is 20.7. The first-order valence-electron chi connectivity index (χ1n) is 12.2. The lowest BCUT2D eigenvalue weighted by molar-refractivity contribution is -0.181. The molecular weight excluding hydrogens is 488 g/mol. The summed E-state index contributed by atoms with van der Waals surface area (Å²) < 4.78 is 5.88. The van der Waals surface area contributed by atoms with Crippen LogP contribution in [0.3, 0.4) is 0 Å². The van der Waals surface area contributed by atoms with E-state index in [1.165, 1.54) is 19.1 Å². The van der Waals surface area contributed by atoms with E-state index in [-0.39, 0.29) is 11.1 Å². The normalized spacial score (nSPS) is 20.3. The smallest absolute Gasteiger partial charge is 0.332 e. The lowest BCUT2D eigenvalue weighted by atomic mass is 9.89. The van der Waals surface area contributed by atoms with Gasteiger partial charge in [-0.25, -0.2) is 4.79 Å². The molecule has 0 saturated carbocycles. The highest BCUT2D eigenvalue weighted by atomic mass is 16.5. The molecule has 0 aromatic heterocycles. The Balaban J connectivity index is 1.42. The number of aliphatic hydroxyl groups is 2. The molecule has 194 valence electrons. The monoisotopic (exact) mass is 514 g/mol. The van der Waals surface area contributed by atoms with Gasteiger partial charge in [0.25, 0.3) is 11.8 Å². The molecule has 5 rings (SSSR count). The van der Waals surface area contributed by atoms with Gasteiger partial charge in [-0.2, -0.15) is 0 Å². The lowest BCUT2D eigenvalue weighted by Crippen LogP contribution is -2.77. The molecule has 0 bridgehead atoms. The first-order chi connectivity index (χ1) is 18.3. The predicted octanol–water partition coefficient (Wildman–Crippen LogP) is 1.94. The van der Waals surface area contributed by atoms with Crippen LogP contribution in [-0.4, -0.2) is 74.5 Å². The minimum absolute atomic E-state index is 0.167. The van der Waals surface area contributed by atoms with Crippen LogP contribution < -0.4 is 0 Å². The number of likely N-dealkylation sites (tertiary alicyclic amines) is 1. The van der Waals surface area contributed by atoms with Crippen LogP contribution in [0.15, 0.2) is 84.9 Å². The molecule has 2 heterocycles. The average molecular weight is 515 g/mol. The van der Waals surface area contributed by atoms with Gasteiger partial charge in [-0.15, -0.1) is 0 Å². The molecule has 9 nitrogen and oxygen atoms in total. The number of carbonyl (C=O) groups is 4. The molecule has 9 heteroatoms. The van der Waals surface area contributed by atoms with Crippen molar-refractivity contribution in [2.45, 2.75) is 37.3 Å². The van der Waals surface area contributed by atoms with Crippen molar-refractivity contribution in [1.29, 1.82) is 0 Å². The van der Waals surface area contributed by atoms with Crippen molar-refractivity contribution in [3.8, 4) is 0 Å². The summed E-state index contributed by atoms with van der Waals surface area (Å²) in [6, 6.07) is 20.4. The Hall–Kier alpha value is -4.34. The molecule has 0 spiro atoms. The van der Waals surface area contributed by atoms with Gasteiger partial charge in [0.15, 0.2) is 12.1 Å². The van der Waals surface area contributed by atoms with Gasteiger partial charge in [0.05, 0.1) is 29.9 Å². The second-order valence-corrected chi connectivity index (χ2v) is 9.29. The van der Waals surface area contributed by atoms with Gasteiger partial charge in [-0.1, -0.05) is 72.8 Å². The van der Waals surface area contributed by atoms with E-state index in [2.05, 4.69) is 0 Å². The summed E-state index contributed by atoms with van der Waals surface area (Å²) >= 11 is 0. The van der Waals surface area contributed by atoms with Crippen LogP contribution in [0.5, 0.6) is 0 Å². The fraction of sp³-hybridized carbons (Fsp3) is 0.241. The highest BCUT2D eigenvalue weighted by molar-refractivity contribution is 6.23. The second-order valence-electron chi connectivity index (χ2n) is 9.29. The van der Waals surface area contributed by atoms with Crippen LogP contribution in [0.4, 0.5) is 0 Å². The minimum atomic E-state index is -1.47. The van der Waals surface area contributed by atoms with Gasteiger partial charge in [0, 0.05) is 0 Å². The number of hydrogen-bond donors (Lipinski definition) is 2. The van der Waals surface area contributed by atoms with Gasteiger partial charge in [-0.05, 0) is 30.2 Å². The highest BCUT2D eigenvalue weighted by Crippen LogP contribution is 2.36. The first-order valence-corrected chi connectivity index (χ1v) is 12.2. The third-order valence-electron chi connectivity index (χ3n) is 6.96. The number of β-lactam (4-membered cyclic amide) rings is 1. The van der Waals surface area contributed by atoms with E-state index in [9.17, 15) is 29.4 Å². The number of carbonyl (C=O) groups excluding carboxylic acids is 4. The molecule has 2 N–H and O–H groups in total. The van der Waals surface area contributed by atoms with E-state index in [0.717, 1.165) is 9.80 Å². The quantitative estimate of drug-likeness (QED) is 0.267. The van der Waals surface area contributed by atoms with Gasteiger partial charge < -0.3 is 19.8 Å². The summed E-state index contributed by atoms with van der Waals surface area (Å²) in [4.78, 5) is 54.7. The maximum atomic E-state index is 13.5. The van der Waals surface area contributed by atoms with Crippen LogP contribution in [0.25, 0.3) is 0 Å². The Labute approximate surface area is 218 Å².